The van der Waals surface area contributed by atoms with Crippen LogP contribution in [0.4, 0.5) is 5.69 Å². The Labute approximate surface area is 139 Å². The number of amides is 1. The van der Waals surface area contributed by atoms with Crippen LogP contribution < -0.4 is 10.6 Å². The molecular weight excluding hydrogens is 320 g/mol. The average molecular weight is 339 g/mol. The Kier molecular flexibility index (Phi) is 6.39. The predicted molar refractivity (Wildman–Crippen MR) is 91.4 cm³/mol. The van der Waals surface area contributed by atoms with E-state index in [0.717, 1.165) is 11.3 Å². The standard InChI is InChI=1S/C16H19ClN2O2S/c1-11(18-9-15(20)12-6-7-22-10-12)8-16(21)19-14-4-2-13(17)3-5-14/h2-7,10-11,15,18,20H,8-9H2,1H3,(H,19,21)/t11-,15-/m0/s1. The maximum Gasteiger partial charge on any atom is 0.225 e. The molecule has 0 aliphatic carbocycles. The summed E-state index contributed by atoms with van der Waals surface area (Å²) in [5.41, 5.74) is 1.62. The summed E-state index contributed by atoms with van der Waals surface area (Å²) < 4.78 is 0. The number of anilines is 1. The summed E-state index contributed by atoms with van der Waals surface area (Å²) in [6.45, 7) is 2.34. The van der Waals surface area contributed by atoms with Gasteiger partial charge in [0.15, 0.2) is 0 Å². The molecule has 0 saturated carbocycles. The Morgan fingerprint density at radius 1 is 1.32 bits per heavy atom. The third-order valence-corrected chi connectivity index (χ3v) is 4.16. The molecule has 118 valence electrons. The van der Waals surface area contributed by atoms with E-state index in [1.807, 2.05) is 23.8 Å². The smallest absolute Gasteiger partial charge is 0.225 e. The number of rotatable bonds is 7. The fourth-order valence-corrected chi connectivity index (χ4v) is 2.82. The fourth-order valence-electron chi connectivity index (χ4n) is 1.99. The Balaban J connectivity index is 1.73. The lowest BCUT2D eigenvalue weighted by molar-refractivity contribution is -0.116. The molecule has 1 heterocycles. The van der Waals surface area contributed by atoms with Gasteiger partial charge in [0.05, 0.1) is 6.10 Å². The summed E-state index contributed by atoms with van der Waals surface area (Å²) in [5.74, 6) is -0.0765. The van der Waals surface area contributed by atoms with Gasteiger partial charge in [-0.1, -0.05) is 11.6 Å². The number of halogens is 1. The van der Waals surface area contributed by atoms with Crippen LogP contribution in [-0.2, 0) is 4.79 Å². The average Bonchev–Trinajstić information content (AvgIpc) is 3.01. The molecule has 0 spiro atoms. The maximum atomic E-state index is 11.9. The predicted octanol–water partition coefficient (Wildman–Crippen LogP) is 3.44. The second kappa shape index (κ2) is 8.29. The highest BCUT2D eigenvalue weighted by Gasteiger charge is 2.12. The highest BCUT2D eigenvalue weighted by atomic mass is 35.5. The number of hydrogen-bond donors (Lipinski definition) is 3. The Morgan fingerprint density at radius 2 is 2.05 bits per heavy atom. The number of hydrogen-bond acceptors (Lipinski definition) is 4. The minimum Gasteiger partial charge on any atom is -0.387 e. The Bertz CT molecular complexity index is 587. The molecule has 6 heteroatoms. The fraction of sp³-hybridized carbons (Fsp3) is 0.312. The van der Waals surface area contributed by atoms with E-state index >= 15 is 0 Å². The van der Waals surface area contributed by atoms with Gasteiger partial charge >= 0.3 is 0 Å². The summed E-state index contributed by atoms with van der Waals surface area (Å²) in [7, 11) is 0. The summed E-state index contributed by atoms with van der Waals surface area (Å²) in [4.78, 5) is 11.9. The molecule has 22 heavy (non-hydrogen) atoms. The van der Waals surface area contributed by atoms with Crippen LogP contribution in [-0.4, -0.2) is 23.6 Å². The van der Waals surface area contributed by atoms with Gasteiger partial charge in [-0.05, 0) is 53.6 Å². The molecule has 1 aromatic heterocycles. The van der Waals surface area contributed by atoms with E-state index in [1.165, 1.54) is 0 Å². The van der Waals surface area contributed by atoms with Crippen LogP contribution in [0.3, 0.4) is 0 Å². The van der Waals surface area contributed by atoms with Crippen LogP contribution in [0.25, 0.3) is 0 Å². The zero-order valence-corrected chi connectivity index (χ0v) is 13.8. The summed E-state index contributed by atoms with van der Waals surface area (Å²) in [6, 6.07) is 8.86. The normalized spacial score (nSPS) is 13.6. The quantitative estimate of drug-likeness (QED) is 0.724. The number of nitrogens with one attached hydrogen (secondary N) is 2. The van der Waals surface area contributed by atoms with E-state index < -0.39 is 6.10 Å². The van der Waals surface area contributed by atoms with Crippen molar-refractivity contribution in [3.8, 4) is 0 Å². The van der Waals surface area contributed by atoms with Crippen LogP contribution in [0.1, 0.15) is 25.0 Å². The van der Waals surface area contributed by atoms with E-state index in [4.69, 9.17) is 11.6 Å². The summed E-state index contributed by atoms with van der Waals surface area (Å²) in [6.07, 6.45) is -0.216. The molecule has 2 rings (SSSR count). The maximum absolute atomic E-state index is 11.9. The van der Waals surface area contributed by atoms with Gasteiger partial charge in [-0.2, -0.15) is 11.3 Å². The summed E-state index contributed by atoms with van der Waals surface area (Å²) in [5, 5.41) is 20.5. The van der Waals surface area contributed by atoms with Crippen LogP contribution in [0.2, 0.25) is 5.02 Å². The zero-order valence-electron chi connectivity index (χ0n) is 12.3. The van der Waals surface area contributed by atoms with Gasteiger partial charge in [-0.25, -0.2) is 0 Å². The first-order chi connectivity index (χ1) is 10.5. The second-order valence-corrected chi connectivity index (χ2v) is 6.36. The lowest BCUT2D eigenvalue weighted by Gasteiger charge is -2.16. The van der Waals surface area contributed by atoms with E-state index in [9.17, 15) is 9.90 Å². The van der Waals surface area contributed by atoms with Gasteiger partial charge in [-0.3, -0.25) is 4.79 Å². The number of carbonyl (C=O) groups is 1. The molecule has 0 bridgehead atoms. The molecule has 4 nitrogen and oxygen atoms in total. The van der Waals surface area contributed by atoms with Crippen LogP contribution in [0.5, 0.6) is 0 Å². The minimum atomic E-state index is -0.548. The van der Waals surface area contributed by atoms with Gasteiger partial charge in [0, 0.05) is 29.7 Å². The highest BCUT2D eigenvalue weighted by Crippen LogP contribution is 2.16. The van der Waals surface area contributed by atoms with Crippen LogP contribution in [0.15, 0.2) is 41.1 Å². The molecule has 0 saturated heterocycles. The topological polar surface area (TPSA) is 61.4 Å². The summed E-state index contributed by atoms with van der Waals surface area (Å²) >= 11 is 7.35. The Hall–Kier alpha value is -1.40. The van der Waals surface area contributed by atoms with Crippen molar-refractivity contribution in [2.45, 2.75) is 25.5 Å². The number of thiophene rings is 1. The van der Waals surface area contributed by atoms with E-state index in [2.05, 4.69) is 10.6 Å². The lowest BCUT2D eigenvalue weighted by atomic mass is 10.1. The minimum absolute atomic E-state index is 0.0272. The third kappa shape index (κ3) is 5.42. The lowest BCUT2D eigenvalue weighted by Crippen LogP contribution is -2.33. The second-order valence-electron chi connectivity index (χ2n) is 5.14. The SMILES string of the molecule is C[C@@H](CC(=O)Nc1ccc(Cl)cc1)NC[C@H](O)c1ccsc1. The molecule has 0 radical (unpaired) electrons. The van der Waals surface area contributed by atoms with Gasteiger partial charge in [0.1, 0.15) is 0 Å². The van der Waals surface area contributed by atoms with Crippen molar-refractivity contribution in [2.24, 2.45) is 0 Å². The number of aliphatic hydroxyl groups is 1. The molecule has 2 aromatic rings. The number of benzene rings is 1. The largest absolute Gasteiger partial charge is 0.387 e. The molecule has 0 aliphatic rings. The van der Waals surface area contributed by atoms with Crippen LogP contribution in [0, 0.1) is 0 Å². The molecule has 1 amide bonds. The van der Waals surface area contributed by atoms with Crippen molar-refractivity contribution in [1.29, 1.82) is 0 Å². The monoisotopic (exact) mass is 338 g/mol. The molecule has 0 unspecified atom stereocenters. The van der Waals surface area contributed by atoms with Gasteiger partial charge < -0.3 is 15.7 Å². The Morgan fingerprint density at radius 3 is 2.68 bits per heavy atom. The van der Waals surface area contributed by atoms with Crippen molar-refractivity contribution >= 4 is 34.5 Å². The van der Waals surface area contributed by atoms with E-state index in [-0.39, 0.29) is 11.9 Å². The first-order valence-corrected chi connectivity index (χ1v) is 8.35. The van der Waals surface area contributed by atoms with Crippen LogP contribution >= 0.6 is 22.9 Å². The number of aliphatic hydroxyl groups excluding tert-OH is 1. The third-order valence-electron chi connectivity index (χ3n) is 3.21. The van der Waals surface area contributed by atoms with Gasteiger partial charge in [0.2, 0.25) is 5.91 Å². The number of carbonyl (C=O) groups excluding carboxylic acids is 1. The first-order valence-electron chi connectivity index (χ1n) is 7.03. The molecule has 0 aliphatic heterocycles. The highest BCUT2D eigenvalue weighted by molar-refractivity contribution is 7.07. The van der Waals surface area contributed by atoms with Crippen molar-refractivity contribution < 1.29 is 9.90 Å². The first kappa shape index (κ1) is 17.0. The molecule has 3 N–H and O–H groups in total. The van der Waals surface area contributed by atoms with Crippen molar-refractivity contribution in [3.63, 3.8) is 0 Å². The zero-order chi connectivity index (χ0) is 15.9. The van der Waals surface area contributed by atoms with E-state index in [0.29, 0.717) is 18.0 Å². The molecular formula is C16H19ClN2O2S. The van der Waals surface area contributed by atoms with Gasteiger partial charge in [0.25, 0.3) is 0 Å². The van der Waals surface area contributed by atoms with Crippen molar-refractivity contribution in [2.75, 3.05) is 11.9 Å². The molecule has 1 aromatic carbocycles. The van der Waals surface area contributed by atoms with E-state index in [1.54, 1.807) is 35.6 Å². The van der Waals surface area contributed by atoms with Crippen molar-refractivity contribution in [3.05, 3.63) is 51.7 Å². The van der Waals surface area contributed by atoms with Crippen molar-refractivity contribution in [1.82, 2.24) is 5.32 Å². The molecule has 0 fully saturated rings. The van der Waals surface area contributed by atoms with Gasteiger partial charge in [-0.15, -0.1) is 0 Å². The molecule has 2 atom stereocenters.